The molecule has 6 aliphatic heterocycles. The van der Waals surface area contributed by atoms with Gasteiger partial charge in [0, 0.05) is 59.6 Å². The molecule has 2 aromatic carbocycles. The third-order valence-corrected chi connectivity index (χ3v) is 31.1. The standard InChI is InChI=1S/2C43H53N3O10S/c2*1-24-5-3-4-6-28-21-43(28,42(50)45-57(51,52)31-7-8-31)22-36(47)35-19-30(56-40-33-9-10-37-39(54-14-13-53-37)32(33)11-12-44-40)23-46(35)41(49)34(25(2)15-24)20-38(48)55-29-17-26-16-27(26)18-29/h2*4,6,9-12,24-31,34-35H,3,5,7-8,13-23H2,1-2H3,(H,45,50)/b2*6-4-/t24-,25+,26-,27+,28+,29?,30+,34-,35-,43+;24-,25-,26-,27+,28-,29?,30-,34+,35+,43-/m01/s1. The number of fused-ring (bicyclic) bond motifs is 12. The van der Waals surface area contributed by atoms with E-state index in [1.54, 1.807) is 22.2 Å². The highest BCUT2D eigenvalue weighted by atomic mass is 32.2. The summed E-state index contributed by atoms with van der Waals surface area (Å²) in [5.41, 5.74) is -2.49. The van der Waals surface area contributed by atoms with E-state index in [9.17, 15) is 55.2 Å². The van der Waals surface area contributed by atoms with Crippen LogP contribution in [0.1, 0.15) is 182 Å². The first-order valence-electron chi connectivity index (χ1n) is 42.0. The Morgan fingerprint density at radius 1 is 0.482 bits per heavy atom. The summed E-state index contributed by atoms with van der Waals surface area (Å²) in [5.74, 6) is 0.227. The van der Waals surface area contributed by atoms with Gasteiger partial charge >= 0.3 is 11.9 Å². The van der Waals surface area contributed by atoms with Crippen molar-refractivity contribution in [1.82, 2.24) is 29.2 Å². The number of carbonyl (C=O) groups is 8. The molecule has 26 nitrogen and oxygen atoms in total. The second-order valence-corrected chi connectivity index (χ2v) is 40.0. The van der Waals surface area contributed by atoms with E-state index < -0.39 is 101 Å². The van der Waals surface area contributed by atoms with Crippen LogP contribution >= 0.6 is 0 Å². The number of nitrogens with zero attached hydrogens (tertiary/aromatic N) is 4. The Balaban J connectivity index is 0.000000165. The summed E-state index contributed by atoms with van der Waals surface area (Å²) in [7, 11) is -7.71. The molecule has 10 fully saturated rings. The smallest absolute Gasteiger partial charge is 0.306 e. The molecule has 28 heteroatoms. The molecule has 2 saturated heterocycles. The number of amides is 4. The number of hydrogen-bond acceptors (Lipinski definition) is 22. The summed E-state index contributed by atoms with van der Waals surface area (Å²) in [6.07, 6.45) is 22.4. The average molecular weight is 1610 g/mol. The predicted molar refractivity (Wildman–Crippen MR) is 415 cm³/mol. The van der Waals surface area contributed by atoms with Crippen molar-refractivity contribution in [3.05, 3.63) is 73.1 Å². The van der Waals surface area contributed by atoms with E-state index in [2.05, 4.69) is 33.3 Å². The van der Waals surface area contributed by atoms with Gasteiger partial charge in [0.2, 0.25) is 55.4 Å². The van der Waals surface area contributed by atoms with Gasteiger partial charge in [0.05, 0.1) is 71.2 Å². The number of ether oxygens (including phenoxy) is 8. The Kier molecular flexibility index (Phi) is 21.4. The van der Waals surface area contributed by atoms with Gasteiger partial charge in [-0.25, -0.2) is 26.8 Å². The number of aromatic nitrogens is 2. The number of allylic oxidation sites excluding steroid dienone is 4. The number of sulfonamides is 2. The van der Waals surface area contributed by atoms with Gasteiger partial charge in [0.25, 0.3) is 0 Å². The van der Waals surface area contributed by atoms with Crippen molar-refractivity contribution in [3.63, 3.8) is 0 Å². The number of carbonyl (C=O) groups excluding carboxylic acids is 8. The molecular formula is C86H106N6O20S2. The van der Waals surface area contributed by atoms with E-state index in [1.165, 1.54) is 12.8 Å². The molecule has 0 bridgehead atoms. The minimum Gasteiger partial charge on any atom is -0.486 e. The van der Waals surface area contributed by atoms with Crippen LogP contribution in [0, 0.1) is 81.8 Å². The van der Waals surface area contributed by atoms with Crippen LogP contribution in [0.4, 0.5) is 0 Å². The van der Waals surface area contributed by atoms with Crippen LogP contribution in [0.5, 0.6) is 34.8 Å². The van der Waals surface area contributed by atoms with Crippen LogP contribution in [-0.4, -0.2) is 170 Å². The number of hydrogen-bond donors (Lipinski definition) is 2. The van der Waals surface area contributed by atoms with E-state index in [4.69, 9.17) is 37.9 Å². The Hall–Kier alpha value is -8.40. The van der Waals surface area contributed by atoms with Crippen LogP contribution in [0.3, 0.4) is 0 Å². The molecule has 4 amide bonds. The summed E-state index contributed by atoms with van der Waals surface area (Å²) < 4.78 is 105. The molecule has 8 aliphatic carbocycles. The zero-order chi connectivity index (χ0) is 79.3. The van der Waals surface area contributed by atoms with Gasteiger partial charge in [-0.05, 0) is 211 Å². The molecule has 0 spiro atoms. The summed E-state index contributed by atoms with van der Waals surface area (Å²) in [5, 5.41) is 1.72. The molecule has 4 aromatic rings. The van der Waals surface area contributed by atoms with Crippen molar-refractivity contribution in [3.8, 4) is 34.8 Å². The Morgan fingerprint density at radius 3 is 1.27 bits per heavy atom. The fraction of sp³-hybridized carbons (Fsp3) is 0.651. The monoisotopic (exact) mass is 1610 g/mol. The molecule has 20 atom stereocenters. The highest BCUT2D eigenvalue weighted by molar-refractivity contribution is 7.91. The third-order valence-electron chi connectivity index (χ3n) is 27.5. The second kappa shape index (κ2) is 31.2. The molecule has 2 aromatic heterocycles. The lowest BCUT2D eigenvalue weighted by atomic mass is 9.82. The molecule has 8 saturated carbocycles. The molecule has 8 heterocycles. The number of rotatable bonds is 16. The molecule has 114 heavy (non-hydrogen) atoms. The van der Waals surface area contributed by atoms with Crippen molar-refractivity contribution in [2.75, 3.05) is 39.5 Å². The van der Waals surface area contributed by atoms with Crippen molar-refractivity contribution in [2.45, 2.75) is 229 Å². The van der Waals surface area contributed by atoms with Gasteiger partial charge in [-0.3, -0.25) is 47.8 Å². The molecule has 0 radical (unpaired) electrons. The number of esters is 2. The molecule has 612 valence electrons. The summed E-state index contributed by atoms with van der Waals surface area (Å²) in [6.45, 7) is 10.1. The zero-order valence-electron chi connectivity index (χ0n) is 65.5. The van der Waals surface area contributed by atoms with Gasteiger partial charge in [-0.1, -0.05) is 52.0 Å². The first kappa shape index (κ1) is 78.1. The highest BCUT2D eigenvalue weighted by Crippen LogP contribution is 2.60. The molecule has 14 aliphatic rings. The van der Waals surface area contributed by atoms with Crippen LogP contribution in [-0.2, 0) is 67.9 Å². The predicted octanol–water partition coefficient (Wildman–Crippen LogP) is 10.6. The van der Waals surface area contributed by atoms with E-state index in [-0.39, 0.29) is 123 Å². The maximum absolute atomic E-state index is 15.0. The topological polar surface area (TPSA) is 335 Å². The minimum atomic E-state index is -3.85. The largest absolute Gasteiger partial charge is 0.486 e. The first-order chi connectivity index (χ1) is 54.8. The molecule has 18 rings (SSSR count). The van der Waals surface area contributed by atoms with E-state index in [0.29, 0.717) is 147 Å². The zero-order valence-corrected chi connectivity index (χ0v) is 67.1. The maximum atomic E-state index is 15.0. The quantitative estimate of drug-likeness (QED) is 0.0777. The van der Waals surface area contributed by atoms with E-state index in [1.807, 2.05) is 74.5 Å². The summed E-state index contributed by atoms with van der Waals surface area (Å²) >= 11 is 0. The van der Waals surface area contributed by atoms with Crippen LogP contribution in [0.25, 0.3) is 21.5 Å². The Morgan fingerprint density at radius 2 is 0.877 bits per heavy atom. The Labute approximate surface area is 665 Å². The SMILES string of the molecule is C[C@@H]1CC/C=C\[C@@H]2C[C@@]2(C(=O)NS(=O)(=O)C2CC2)CC(=O)[C@@H]2C[C@@H](Oc3nccc4c5c(ccc34)OCCO5)CN2C(=O)[C@@H](CC(=O)OC2C[C@@H]3C[C@@H]3C2)[C@H](C)C1.C[C@H]1CC/C=C\[C@@H]2C[C@@]2(C(=O)NS(=O)(=O)C2CC2)CC(=O)[C@@H]2C[C@@H](Oc3nccc4c5c(ccc34)OCCO5)CN2C(=O)[C@@H](CC(=O)OC2C[C@@H]3C[C@@H]3C2)[C@H](C)C1. The van der Waals surface area contributed by atoms with E-state index >= 15 is 0 Å². The summed E-state index contributed by atoms with van der Waals surface area (Å²) in [4.78, 5) is 127. The van der Waals surface area contributed by atoms with Gasteiger partial charge < -0.3 is 47.7 Å². The average Bonchev–Trinajstić information content (AvgIpc) is 1.57. The fourth-order valence-corrected chi connectivity index (χ4v) is 23.1. The first-order valence-corrected chi connectivity index (χ1v) is 45.0. The normalized spacial score (nSPS) is 35.5. The maximum Gasteiger partial charge on any atom is 0.306 e. The van der Waals surface area contributed by atoms with Gasteiger partial charge in [-0.15, -0.1) is 0 Å². The second-order valence-electron chi connectivity index (χ2n) is 36.1. The van der Waals surface area contributed by atoms with Crippen molar-refractivity contribution in [1.29, 1.82) is 0 Å². The fourth-order valence-electron chi connectivity index (χ4n) is 20.3. The van der Waals surface area contributed by atoms with Crippen LogP contribution < -0.4 is 37.9 Å². The molecular weight excluding hydrogens is 1500 g/mol. The Bertz CT molecular complexity index is 4480. The highest BCUT2D eigenvalue weighted by Gasteiger charge is 2.64. The van der Waals surface area contributed by atoms with Crippen LogP contribution in [0.2, 0.25) is 0 Å². The van der Waals surface area contributed by atoms with Crippen LogP contribution in [0.15, 0.2) is 73.1 Å². The van der Waals surface area contributed by atoms with Gasteiger partial charge in [0.15, 0.2) is 34.6 Å². The van der Waals surface area contributed by atoms with Gasteiger partial charge in [0.1, 0.15) is 50.8 Å². The lowest BCUT2D eigenvalue weighted by Gasteiger charge is -2.32. The third kappa shape index (κ3) is 16.4. The van der Waals surface area contributed by atoms with Crippen molar-refractivity contribution < 1.29 is 93.1 Å². The number of nitrogens with one attached hydrogen (secondary N) is 2. The summed E-state index contributed by atoms with van der Waals surface area (Å²) in [6, 6.07) is 9.06. The van der Waals surface area contributed by atoms with Gasteiger partial charge in [-0.2, -0.15) is 0 Å². The lowest BCUT2D eigenvalue weighted by Crippen LogP contribution is -2.47. The minimum absolute atomic E-state index is 0.0657. The van der Waals surface area contributed by atoms with E-state index in [0.717, 1.165) is 62.1 Å². The number of Topliss-reactive ketones (excluding diaryl/α,β-unsaturated/α-hetero) is 2. The number of pyridine rings is 2. The number of benzene rings is 2. The van der Waals surface area contributed by atoms with Crippen molar-refractivity contribution >= 4 is 88.7 Å². The molecule has 2 unspecified atom stereocenters. The van der Waals surface area contributed by atoms with Crippen molar-refractivity contribution in [2.24, 2.45) is 81.8 Å². The molecule has 2 N–H and O–H groups in total. The lowest BCUT2D eigenvalue weighted by molar-refractivity contribution is -0.155. The number of ketones is 2.